The summed E-state index contributed by atoms with van der Waals surface area (Å²) in [5.74, 6) is 0.156. The number of aromatic nitrogens is 1. The zero-order chi connectivity index (χ0) is 20.1. The lowest BCUT2D eigenvalue weighted by Crippen LogP contribution is -2.41. The molecule has 0 unspecified atom stereocenters. The van der Waals surface area contributed by atoms with Gasteiger partial charge in [0.2, 0.25) is 11.8 Å². The van der Waals surface area contributed by atoms with Crippen molar-refractivity contribution < 1.29 is 9.59 Å². The molecule has 5 heteroatoms. The molecule has 1 saturated heterocycles. The summed E-state index contributed by atoms with van der Waals surface area (Å²) in [6.45, 7) is 7.16. The number of hydrogen-bond acceptors (Lipinski definition) is 3. The Morgan fingerprint density at radius 2 is 1.79 bits per heavy atom. The van der Waals surface area contributed by atoms with E-state index in [4.69, 9.17) is 0 Å². The second-order valence-electron chi connectivity index (χ2n) is 7.67. The normalized spacial score (nSPS) is 14.8. The summed E-state index contributed by atoms with van der Waals surface area (Å²) >= 11 is 0. The number of aryl methyl sites for hydroxylation is 4. The first-order valence-corrected chi connectivity index (χ1v) is 10.0. The average molecular weight is 380 g/mol. The monoisotopic (exact) mass is 379 g/mol. The Morgan fingerprint density at radius 3 is 2.43 bits per heavy atom. The fourth-order valence-electron chi connectivity index (χ4n) is 3.88. The molecule has 0 saturated carbocycles. The molecule has 0 aliphatic carbocycles. The highest BCUT2D eigenvalue weighted by atomic mass is 16.2. The van der Waals surface area contributed by atoms with Gasteiger partial charge in [0.15, 0.2) is 0 Å². The van der Waals surface area contributed by atoms with Gasteiger partial charge in [-0.05, 0) is 57.2 Å². The van der Waals surface area contributed by atoms with E-state index in [1.54, 1.807) is 0 Å². The van der Waals surface area contributed by atoms with E-state index in [9.17, 15) is 9.59 Å². The van der Waals surface area contributed by atoms with Crippen molar-refractivity contribution in [2.24, 2.45) is 5.92 Å². The van der Waals surface area contributed by atoms with Gasteiger partial charge in [0, 0.05) is 31.1 Å². The molecule has 1 aliphatic heterocycles. The summed E-state index contributed by atoms with van der Waals surface area (Å²) in [4.78, 5) is 31.5. The van der Waals surface area contributed by atoms with Crippen LogP contribution in [0.15, 0.2) is 36.4 Å². The van der Waals surface area contributed by atoms with Crippen molar-refractivity contribution in [2.75, 3.05) is 18.4 Å². The lowest BCUT2D eigenvalue weighted by Gasteiger charge is -2.31. The van der Waals surface area contributed by atoms with Crippen molar-refractivity contribution in [2.45, 2.75) is 46.5 Å². The number of hydrogen-bond donors (Lipinski definition) is 1. The van der Waals surface area contributed by atoms with Crippen LogP contribution in [0.1, 0.15) is 41.8 Å². The molecule has 1 N–H and O–H groups in total. The van der Waals surface area contributed by atoms with Crippen LogP contribution in [-0.4, -0.2) is 34.8 Å². The van der Waals surface area contributed by atoms with E-state index in [1.165, 1.54) is 5.56 Å². The van der Waals surface area contributed by atoms with Gasteiger partial charge in [0.05, 0.1) is 11.4 Å². The Bertz CT molecular complexity index is 817. The van der Waals surface area contributed by atoms with Crippen LogP contribution in [0.5, 0.6) is 0 Å². The number of pyridine rings is 1. The number of nitrogens with one attached hydrogen (secondary N) is 1. The molecule has 0 atom stereocenters. The van der Waals surface area contributed by atoms with Gasteiger partial charge in [0.25, 0.3) is 0 Å². The van der Waals surface area contributed by atoms with E-state index in [1.807, 2.05) is 62.1 Å². The number of piperidine rings is 1. The second-order valence-corrected chi connectivity index (χ2v) is 7.67. The summed E-state index contributed by atoms with van der Waals surface area (Å²) < 4.78 is 0. The first-order chi connectivity index (χ1) is 13.4. The average Bonchev–Trinajstić information content (AvgIpc) is 2.69. The minimum Gasteiger partial charge on any atom is -0.343 e. The molecule has 1 aliphatic rings. The topological polar surface area (TPSA) is 62.3 Å². The van der Waals surface area contributed by atoms with Gasteiger partial charge in [-0.25, -0.2) is 0 Å². The summed E-state index contributed by atoms with van der Waals surface area (Å²) in [6, 6.07) is 12.1. The zero-order valence-electron chi connectivity index (χ0n) is 17.0. The number of nitrogens with zero attached hydrogens (tertiary/aromatic N) is 2. The fraction of sp³-hybridized carbons (Fsp3) is 0.435. The van der Waals surface area contributed by atoms with E-state index in [2.05, 4.69) is 10.3 Å². The highest BCUT2D eigenvalue weighted by molar-refractivity contribution is 5.94. The van der Waals surface area contributed by atoms with Gasteiger partial charge in [0.1, 0.15) is 0 Å². The number of benzene rings is 1. The van der Waals surface area contributed by atoms with Gasteiger partial charge in [-0.2, -0.15) is 0 Å². The Kier molecular flexibility index (Phi) is 6.45. The maximum absolute atomic E-state index is 12.7. The Balaban J connectivity index is 1.49. The smallest absolute Gasteiger partial charge is 0.227 e. The zero-order valence-corrected chi connectivity index (χ0v) is 17.0. The van der Waals surface area contributed by atoms with Crippen molar-refractivity contribution in [1.82, 2.24) is 9.88 Å². The van der Waals surface area contributed by atoms with E-state index >= 15 is 0 Å². The molecule has 0 radical (unpaired) electrons. The number of anilines is 1. The fourth-order valence-corrected chi connectivity index (χ4v) is 3.88. The minimum atomic E-state index is -0.0572. The van der Waals surface area contributed by atoms with Crippen molar-refractivity contribution in [1.29, 1.82) is 0 Å². The van der Waals surface area contributed by atoms with E-state index in [-0.39, 0.29) is 17.7 Å². The molecule has 1 fully saturated rings. The van der Waals surface area contributed by atoms with Crippen LogP contribution >= 0.6 is 0 Å². The van der Waals surface area contributed by atoms with Gasteiger partial charge in [-0.3, -0.25) is 14.6 Å². The first kappa shape index (κ1) is 20.1. The van der Waals surface area contributed by atoms with Crippen LogP contribution in [-0.2, 0) is 16.0 Å². The molecule has 1 aromatic heterocycles. The van der Waals surface area contributed by atoms with Gasteiger partial charge in [-0.15, -0.1) is 0 Å². The third-order valence-electron chi connectivity index (χ3n) is 5.46. The number of amides is 2. The summed E-state index contributed by atoms with van der Waals surface area (Å²) in [7, 11) is 0. The molecule has 2 aromatic rings. The quantitative estimate of drug-likeness (QED) is 0.859. The molecule has 1 aromatic carbocycles. The molecule has 0 bridgehead atoms. The highest BCUT2D eigenvalue weighted by Crippen LogP contribution is 2.24. The molecule has 148 valence electrons. The molecule has 2 heterocycles. The van der Waals surface area contributed by atoms with Crippen molar-refractivity contribution in [3.63, 3.8) is 0 Å². The standard InChI is InChI=1S/C23H29N3O2/c1-16-15-17(2)24-18(3)22(16)25-23(28)20-11-13-26(14-12-20)21(27)10-9-19-7-5-4-6-8-19/h4-8,15,20H,9-14H2,1-3H3,(H,25,28). The van der Waals surface area contributed by atoms with E-state index in [0.29, 0.717) is 32.4 Å². The second kappa shape index (κ2) is 9.00. The number of carbonyl (C=O) groups is 2. The largest absolute Gasteiger partial charge is 0.343 e. The Labute approximate surface area is 167 Å². The molecular formula is C23H29N3O2. The summed E-state index contributed by atoms with van der Waals surface area (Å²) in [5, 5.41) is 3.06. The molecule has 2 amide bonds. The van der Waals surface area contributed by atoms with Crippen LogP contribution in [0.25, 0.3) is 0 Å². The third-order valence-corrected chi connectivity index (χ3v) is 5.46. The van der Waals surface area contributed by atoms with E-state index < -0.39 is 0 Å². The molecular weight excluding hydrogens is 350 g/mol. The highest BCUT2D eigenvalue weighted by Gasteiger charge is 2.27. The molecule has 3 rings (SSSR count). The van der Waals surface area contributed by atoms with Gasteiger partial charge >= 0.3 is 0 Å². The van der Waals surface area contributed by atoms with Crippen molar-refractivity contribution in [3.8, 4) is 0 Å². The molecule has 0 spiro atoms. The molecule has 28 heavy (non-hydrogen) atoms. The number of rotatable bonds is 5. The first-order valence-electron chi connectivity index (χ1n) is 10.0. The maximum Gasteiger partial charge on any atom is 0.227 e. The maximum atomic E-state index is 12.7. The SMILES string of the molecule is Cc1cc(C)c(NC(=O)C2CCN(C(=O)CCc3ccccc3)CC2)c(C)n1. The van der Waals surface area contributed by atoms with Crippen molar-refractivity contribution in [3.05, 3.63) is 58.9 Å². The Hall–Kier alpha value is -2.69. The van der Waals surface area contributed by atoms with Crippen LogP contribution in [0.4, 0.5) is 5.69 Å². The van der Waals surface area contributed by atoms with E-state index in [0.717, 1.165) is 29.1 Å². The number of carbonyl (C=O) groups excluding carboxylic acids is 2. The lowest BCUT2D eigenvalue weighted by atomic mass is 9.95. The lowest BCUT2D eigenvalue weighted by molar-refractivity contribution is -0.134. The van der Waals surface area contributed by atoms with Crippen LogP contribution in [0, 0.1) is 26.7 Å². The predicted molar refractivity (Wildman–Crippen MR) is 111 cm³/mol. The Morgan fingerprint density at radius 1 is 1.11 bits per heavy atom. The predicted octanol–water partition coefficient (Wildman–Crippen LogP) is 3.82. The van der Waals surface area contributed by atoms with Crippen LogP contribution in [0.3, 0.4) is 0 Å². The van der Waals surface area contributed by atoms with Crippen LogP contribution < -0.4 is 5.32 Å². The van der Waals surface area contributed by atoms with Crippen molar-refractivity contribution >= 4 is 17.5 Å². The molecule has 5 nitrogen and oxygen atoms in total. The third kappa shape index (κ3) is 4.97. The summed E-state index contributed by atoms with van der Waals surface area (Å²) in [6.07, 6.45) is 2.70. The van der Waals surface area contributed by atoms with Gasteiger partial charge in [-0.1, -0.05) is 30.3 Å². The minimum absolute atomic E-state index is 0.0354. The number of likely N-dealkylation sites (tertiary alicyclic amines) is 1. The van der Waals surface area contributed by atoms with Gasteiger partial charge < -0.3 is 10.2 Å². The van der Waals surface area contributed by atoms with Crippen LogP contribution in [0.2, 0.25) is 0 Å². The summed E-state index contributed by atoms with van der Waals surface area (Å²) in [5.41, 5.74) is 4.83.